The summed E-state index contributed by atoms with van der Waals surface area (Å²) in [4.78, 5) is 11.1. The number of aliphatic carboxylic acids is 1. The van der Waals surface area contributed by atoms with Gasteiger partial charge in [-0.2, -0.15) is 24.5 Å². The zero-order chi connectivity index (χ0) is 17.5. The van der Waals surface area contributed by atoms with Gasteiger partial charge in [0.1, 0.15) is 5.75 Å². The van der Waals surface area contributed by atoms with Gasteiger partial charge in [-0.05, 0) is 52.6 Å². The second-order valence-electron chi connectivity index (χ2n) is 5.23. The van der Waals surface area contributed by atoms with Gasteiger partial charge in [0.15, 0.2) is 0 Å². The summed E-state index contributed by atoms with van der Waals surface area (Å²) in [5.74, 6) is -1.71. The van der Waals surface area contributed by atoms with Crippen molar-refractivity contribution < 1.29 is 27.8 Å². The van der Waals surface area contributed by atoms with E-state index in [-0.39, 0.29) is 11.3 Å². The first-order valence-corrected chi connectivity index (χ1v) is 8.09. The smallest absolute Gasteiger partial charge is 0.430 e. The minimum Gasteiger partial charge on any atom is -0.478 e. The van der Waals surface area contributed by atoms with Gasteiger partial charge in [0, 0.05) is 10.6 Å². The molecule has 0 fully saturated rings. The molecular weight excluding hydrogens is 365 g/mol. The number of alkyl halides is 3. The summed E-state index contributed by atoms with van der Waals surface area (Å²) < 4.78 is 44.2. The van der Waals surface area contributed by atoms with E-state index in [1.807, 2.05) is 16.8 Å². The van der Waals surface area contributed by atoms with Gasteiger partial charge >= 0.3 is 12.1 Å². The number of hydrogen-bond donors (Lipinski definition) is 1. The third-order valence-electron chi connectivity index (χ3n) is 3.54. The van der Waals surface area contributed by atoms with Crippen molar-refractivity contribution in [3.63, 3.8) is 0 Å². The van der Waals surface area contributed by atoms with E-state index >= 15 is 0 Å². The third-order valence-corrected chi connectivity index (χ3v) is 4.62. The highest BCUT2D eigenvalue weighted by molar-refractivity contribution is 7.07. The minimum atomic E-state index is -4.82. The van der Waals surface area contributed by atoms with E-state index in [1.54, 1.807) is 0 Å². The van der Waals surface area contributed by atoms with Crippen molar-refractivity contribution in [1.29, 1.82) is 0 Å². The first-order chi connectivity index (χ1) is 11.3. The van der Waals surface area contributed by atoms with Crippen LogP contribution in [0, 0.1) is 0 Å². The number of halogens is 4. The van der Waals surface area contributed by atoms with Gasteiger partial charge in [-0.15, -0.1) is 0 Å². The number of fused-ring (bicyclic) bond motifs is 1. The van der Waals surface area contributed by atoms with Crippen molar-refractivity contribution in [2.75, 3.05) is 0 Å². The molecule has 0 radical (unpaired) electrons. The van der Waals surface area contributed by atoms with Gasteiger partial charge < -0.3 is 9.84 Å². The molecule has 2 heterocycles. The molecule has 1 atom stereocenters. The first kappa shape index (κ1) is 16.9. The maximum absolute atomic E-state index is 13.1. The van der Waals surface area contributed by atoms with Gasteiger partial charge in [-0.1, -0.05) is 11.6 Å². The number of benzene rings is 1. The number of thiophene rings is 1. The molecule has 0 spiro atoms. The Balaban J connectivity index is 2.03. The van der Waals surface area contributed by atoms with Gasteiger partial charge in [0.25, 0.3) is 0 Å². The van der Waals surface area contributed by atoms with Crippen LogP contribution in [0.2, 0.25) is 5.02 Å². The van der Waals surface area contributed by atoms with E-state index in [0.29, 0.717) is 17.0 Å². The highest BCUT2D eigenvalue weighted by Gasteiger charge is 2.48. The first-order valence-electron chi connectivity index (χ1n) is 6.77. The molecule has 3 rings (SSSR count). The monoisotopic (exact) mass is 374 g/mol. The van der Waals surface area contributed by atoms with Crippen molar-refractivity contribution in [2.45, 2.75) is 18.7 Å². The van der Waals surface area contributed by atoms with Gasteiger partial charge in [-0.3, -0.25) is 0 Å². The molecule has 24 heavy (non-hydrogen) atoms. The zero-order valence-corrected chi connectivity index (χ0v) is 13.5. The van der Waals surface area contributed by atoms with Crippen LogP contribution in [-0.4, -0.2) is 23.4 Å². The lowest BCUT2D eigenvalue weighted by atomic mass is 9.98. The normalized spacial score (nSPS) is 17.0. The lowest BCUT2D eigenvalue weighted by molar-refractivity contribution is -0.187. The summed E-state index contributed by atoms with van der Waals surface area (Å²) in [6.45, 7) is 0. The van der Waals surface area contributed by atoms with Gasteiger partial charge in [-0.25, -0.2) is 4.79 Å². The standard InChI is InChI=1S/C16H10ClF3O3S/c17-12-5-10-4-11(15(21)22)14(16(18,19)20)23-13(10)6-9(12)3-8-1-2-24-7-8/h1-2,4-7,14H,3H2,(H,21,22)/t14-/m1/s1. The number of carbonyl (C=O) groups is 1. The lowest BCUT2D eigenvalue weighted by Crippen LogP contribution is -2.40. The molecule has 0 saturated carbocycles. The highest BCUT2D eigenvalue weighted by Crippen LogP contribution is 2.39. The van der Waals surface area contributed by atoms with Crippen molar-refractivity contribution in [2.24, 2.45) is 0 Å². The van der Waals surface area contributed by atoms with E-state index < -0.39 is 23.8 Å². The SMILES string of the molecule is O=C(O)C1=Cc2cc(Cl)c(Cc3ccsc3)cc2O[C@H]1C(F)(F)F. The van der Waals surface area contributed by atoms with Crippen molar-refractivity contribution >= 4 is 35.0 Å². The Labute approximate surface area is 143 Å². The topological polar surface area (TPSA) is 46.5 Å². The second-order valence-corrected chi connectivity index (χ2v) is 6.42. The quantitative estimate of drug-likeness (QED) is 0.840. The van der Waals surface area contributed by atoms with E-state index in [4.69, 9.17) is 21.4 Å². The number of carboxylic acids is 1. The largest absolute Gasteiger partial charge is 0.478 e. The molecule has 0 bridgehead atoms. The Kier molecular flexibility index (Phi) is 4.31. The zero-order valence-electron chi connectivity index (χ0n) is 11.9. The molecule has 1 aliphatic rings. The molecule has 0 unspecified atom stereocenters. The van der Waals surface area contributed by atoms with Crippen LogP contribution in [0.15, 0.2) is 34.5 Å². The summed E-state index contributed by atoms with van der Waals surface area (Å²) in [6.07, 6.45) is -5.92. The second kappa shape index (κ2) is 6.14. The molecule has 0 aliphatic carbocycles. The fourth-order valence-corrected chi connectivity index (χ4v) is 3.33. The van der Waals surface area contributed by atoms with Crippen LogP contribution < -0.4 is 4.74 Å². The van der Waals surface area contributed by atoms with Crippen molar-refractivity contribution in [3.8, 4) is 5.75 Å². The molecule has 1 aromatic carbocycles. The lowest BCUT2D eigenvalue weighted by Gasteiger charge is -2.27. The fourth-order valence-electron chi connectivity index (χ4n) is 2.43. The summed E-state index contributed by atoms with van der Waals surface area (Å²) in [5.41, 5.74) is 0.942. The maximum Gasteiger partial charge on any atom is 0.430 e. The van der Waals surface area contributed by atoms with Gasteiger partial charge in [0.05, 0.1) is 5.57 Å². The molecule has 1 aromatic heterocycles. The number of carboxylic acid groups (broad SMARTS) is 1. The highest BCUT2D eigenvalue weighted by atomic mass is 35.5. The average Bonchev–Trinajstić information content (AvgIpc) is 2.98. The molecular formula is C16H10ClF3O3S. The Morgan fingerprint density at radius 1 is 1.38 bits per heavy atom. The Bertz CT molecular complexity index is 813. The van der Waals surface area contributed by atoms with E-state index in [0.717, 1.165) is 11.6 Å². The Morgan fingerprint density at radius 2 is 2.12 bits per heavy atom. The number of rotatable bonds is 3. The molecule has 0 amide bonds. The molecule has 1 N–H and O–H groups in total. The van der Waals surface area contributed by atoms with E-state index in [1.165, 1.54) is 23.5 Å². The molecule has 126 valence electrons. The maximum atomic E-state index is 13.1. The summed E-state index contributed by atoms with van der Waals surface area (Å²) in [7, 11) is 0. The average molecular weight is 375 g/mol. The van der Waals surface area contributed by atoms with Crippen LogP contribution in [0.3, 0.4) is 0 Å². The summed E-state index contributed by atoms with van der Waals surface area (Å²) in [5, 5.41) is 13.2. The number of ether oxygens (including phenoxy) is 1. The Hall–Kier alpha value is -1.99. The van der Waals surface area contributed by atoms with Crippen LogP contribution in [-0.2, 0) is 11.2 Å². The molecule has 1 aliphatic heterocycles. The summed E-state index contributed by atoms with van der Waals surface area (Å²) >= 11 is 7.68. The van der Waals surface area contributed by atoms with Crippen LogP contribution in [0.4, 0.5) is 13.2 Å². The fraction of sp³-hybridized carbons (Fsp3) is 0.188. The van der Waals surface area contributed by atoms with Crippen LogP contribution >= 0.6 is 22.9 Å². The molecule has 2 aromatic rings. The van der Waals surface area contributed by atoms with Crippen LogP contribution in [0.25, 0.3) is 6.08 Å². The predicted octanol–water partition coefficient (Wildman–Crippen LogP) is 4.78. The molecule has 8 heteroatoms. The van der Waals surface area contributed by atoms with Crippen LogP contribution in [0.1, 0.15) is 16.7 Å². The van der Waals surface area contributed by atoms with Crippen LogP contribution in [0.5, 0.6) is 5.75 Å². The third kappa shape index (κ3) is 3.27. The van der Waals surface area contributed by atoms with E-state index in [2.05, 4.69) is 0 Å². The molecule has 3 nitrogen and oxygen atoms in total. The molecule has 0 saturated heterocycles. The van der Waals surface area contributed by atoms with Crippen molar-refractivity contribution in [1.82, 2.24) is 0 Å². The minimum absolute atomic E-state index is 0.0306. The Morgan fingerprint density at radius 3 is 2.71 bits per heavy atom. The van der Waals surface area contributed by atoms with Crippen molar-refractivity contribution in [3.05, 3.63) is 56.2 Å². The van der Waals surface area contributed by atoms with Gasteiger partial charge in [0.2, 0.25) is 6.10 Å². The number of hydrogen-bond acceptors (Lipinski definition) is 3. The van der Waals surface area contributed by atoms with E-state index in [9.17, 15) is 18.0 Å². The predicted molar refractivity (Wildman–Crippen MR) is 84.7 cm³/mol. The summed E-state index contributed by atoms with van der Waals surface area (Å²) in [6, 6.07) is 4.75.